The van der Waals surface area contributed by atoms with Gasteiger partial charge in [0, 0.05) is 24.6 Å². The Morgan fingerprint density at radius 3 is 2.02 bits per heavy atom. The lowest BCUT2D eigenvalue weighted by Crippen LogP contribution is -2.46. The Morgan fingerprint density at radius 1 is 1.07 bits per heavy atom. The number of rotatable bonds is 13. The minimum Gasteiger partial charge on any atom is -0.481 e. The molecule has 13 nitrogen and oxygen atoms in total. The van der Waals surface area contributed by atoms with Crippen molar-refractivity contribution in [3.05, 3.63) is 47.4 Å². The number of nitrogens with zero attached hydrogens (tertiary/aromatic N) is 4. The normalized spacial score (nSPS) is 13.6. The summed E-state index contributed by atoms with van der Waals surface area (Å²) in [5.74, 6) is -1.87. The number of halogens is 1. The summed E-state index contributed by atoms with van der Waals surface area (Å²) in [6.07, 6.45) is 0.860. The zero-order chi connectivity index (χ0) is 31.5. The van der Waals surface area contributed by atoms with Crippen LogP contribution < -0.4 is 4.31 Å². The second-order valence-electron chi connectivity index (χ2n) is 10.0. The summed E-state index contributed by atoms with van der Waals surface area (Å²) in [5, 5.41) is 54.1. The Morgan fingerprint density at radius 2 is 1.61 bits per heavy atom. The predicted octanol–water partition coefficient (Wildman–Crippen LogP) is 0.684. The fourth-order valence-electron chi connectivity index (χ4n) is 3.18. The summed E-state index contributed by atoms with van der Waals surface area (Å²) in [4.78, 5) is 19.6. The van der Waals surface area contributed by atoms with Gasteiger partial charge in [-0.05, 0) is 30.2 Å². The molecule has 1 heterocycles. The zero-order valence-electron chi connectivity index (χ0n) is 23.7. The van der Waals surface area contributed by atoms with Gasteiger partial charge in [-0.25, -0.2) is 27.1 Å². The fraction of sp³-hybridized carbons (Fsp3) is 0.500. The van der Waals surface area contributed by atoms with Crippen molar-refractivity contribution in [1.82, 2.24) is 9.97 Å². The molecule has 0 amide bonds. The maximum atomic E-state index is 13.5. The van der Waals surface area contributed by atoms with Crippen LogP contribution in [0.4, 0.5) is 10.3 Å². The molecule has 0 aliphatic carbocycles. The standard InChI is InChI=1S/C22H28FN3O6S.C4H12NO3/c1-13(2)20-18(10-9-16(27)11-17(28)12-19(29)30)21(14-5-7-15(23)8-6-14)25-22(24-20)26(3)33(4,31)32;1-5(2-6,3-7)4-8/h5-10,13,16-17,27-28H,11-12H2,1-4H3,(H,29,30);6-8H,2-4H2,1H3/q;+1/b10-9+;/t16-,17+;/m1./s1. The monoisotopic (exact) mass is 603 g/mol. The number of aliphatic carboxylic acids is 1. The molecule has 0 saturated heterocycles. The number of aliphatic hydroxyl groups is 5. The van der Waals surface area contributed by atoms with E-state index in [0.29, 0.717) is 22.5 Å². The zero-order valence-corrected chi connectivity index (χ0v) is 24.5. The number of quaternary nitrogens is 1. The summed E-state index contributed by atoms with van der Waals surface area (Å²) in [6, 6.07) is 5.49. The molecule has 41 heavy (non-hydrogen) atoms. The highest BCUT2D eigenvalue weighted by molar-refractivity contribution is 7.92. The van der Waals surface area contributed by atoms with E-state index in [0.717, 1.165) is 10.6 Å². The molecule has 0 radical (unpaired) electrons. The number of sulfonamides is 1. The van der Waals surface area contributed by atoms with Gasteiger partial charge in [0.25, 0.3) is 0 Å². The minimum absolute atomic E-state index is 0.0601. The quantitative estimate of drug-likeness (QED) is 0.139. The summed E-state index contributed by atoms with van der Waals surface area (Å²) < 4.78 is 38.5. The maximum absolute atomic E-state index is 13.5. The smallest absolute Gasteiger partial charge is 0.305 e. The van der Waals surface area contributed by atoms with Crippen molar-refractivity contribution in [3.8, 4) is 11.3 Å². The molecule has 6 N–H and O–H groups in total. The van der Waals surface area contributed by atoms with E-state index < -0.39 is 40.4 Å². The van der Waals surface area contributed by atoms with Crippen LogP contribution >= 0.6 is 0 Å². The van der Waals surface area contributed by atoms with Crippen molar-refractivity contribution in [2.45, 2.75) is 44.8 Å². The highest BCUT2D eigenvalue weighted by Crippen LogP contribution is 2.31. The van der Waals surface area contributed by atoms with Crippen molar-refractivity contribution in [2.24, 2.45) is 0 Å². The van der Waals surface area contributed by atoms with Gasteiger partial charge in [0.2, 0.25) is 16.0 Å². The number of hydrogen-bond donors (Lipinski definition) is 6. The van der Waals surface area contributed by atoms with Crippen LogP contribution in [0.3, 0.4) is 0 Å². The van der Waals surface area contributed by atoms with Crippen molar-refractivity contribution in [1.29, 1.82) is 0 Å². The van der Waals surface area contributed by atoms with E-state index in [4.69, 9.17) is 20.4 Å². The third-order valence-electron chi connectivity index (χ3n) is 5.84. The number of hydrogen-bond acceptors (Lipinski definition) is 10. The number of carboxylic acid groups (broad SMARTS) is 1. The van der Waals surface area contributed by atoms with Gasteiger partial charge < -0.3 is 30.6 Å². The molecular formula is C26H40FN4O9S+. The molecule has 2 atom stereocenters. The lowest BCUT2D eigenvalue weighted by atomic mass is 9.97. The molecule has 0 bridgehead atoms. The van der Waals surface area contributed by atoms with Crippen LogP contribution in [0.2, 0.25) is 0 Å². The summed E-state index contributed by atoms with van der Waals surface area (Å²) in [6.45, 7) is 2.98. The topological polar surface area (TPSA) is 202 Å². The van der Waals surface area contributed by atoms with Crippen LogP contribution in [0.15, 0.2) is 30.3 Å². The first-order chi connectivity index (χ1) is 19.0. The van der Waals surface area contributed by atoms with Crippen LogP contribution in [0.1, 0.15) is 43.9 Å². The number of carbonyl (C=O) groups is 1. The van der Waals surface area contributed by atoms with Crippen LogP contribution in [-0.4, -0.2) is 112 Å². The van der Waals surface area contributed by atoms with Gasteiger partial charge in [0.15, 0.2) is 20.2 Å². The molecule has 2 aromatic rings. The summed E-state index contributed by atoms with van der Waals surface area (Å²) in [5.41, 5.74) is 1.80. The van der Waals surface area contributed by atoms with Crippen LogP contribution in [-0.2, 0) is 14.8 Å². The van der Waals surface area contributed by atoms with E-state index in [1.165, 1.54) is 43.5 Å². The largest absolute Gasteiger partial charge is 0.481 e. The Kier molecular flexibility index (Phi) is 13.9. The molecule has 0 aliphatic rings. The lowest BCUT2D eigenvalue weighted by Gasteiger charge is -2.25. The predicted molar refractivity (Wildman–Crippen MR) is 150 cm³/mol. The van der Waals surface area contributed by atoms with E-state index in [-0.39, 0.29) is 43.0 Å². The van der Waals surface area contributed by atoms with Crippen LogP contribution in [0.5, 0.6) is 0 Å². The van der Waals surface area contributed by atoms with Crippen LogP contribution in [0, 0.1) is 5.82 Å². The minimum atomic E-state index is -3.65. The fourth-order valence-corrected chi connectivity index (χ4v) is 3.56. The molecule has 0 aliphatic heterocycles. The van der Waals surface area contributed by atoms with E-state index in [9.17, 15) is 27.8 Å². The van der Waals surface area contributed by atoms with Crippen molar-refractivity contribution >= 4 is 28.0 Å². The third-order valence-corrected chi connectivity index (χ3v) is 7.00. The molecule has 0 saturated carbocycles. The number of benzene rings is 1. The van der Waals surface area contributed by atoms with Gasteiger partial charge in [0.05, 0.1) is 43.3 Å². The Bertz CT molecular complexity index is 1260. The highest BCUT2D eigenvalue weighted by atomic mass is 32.2. The van der Waals surface area contributed by atoms with Gasteiger partial charge in [-0.1, -0.05) is 26.0 Å². The molecule has 230 valence electrons. The van der Waals surface area contributed by atoms with E-state index in [1.807, 2.05) is 13.8 Å². The second kappa shape index (κ2) is 15.8. The number of carboxylic acids is 1. The SMILES string of the molecule is CC(C)c1nc(N(C)S(C)(=O)=O)nc(-c2ccc(F)cc2)c1/C=C/[C@@H](O)C[C@H](O)CC(=O)O.C[N+](CO)(CO)CO. The van der Waals surface area contributed by atoms with Gasteiger partial charge in [-0.2, -0.15) is 0 Å². The molecule has 1 aromatic carbocycles. The molecule has 15 heteroatoms. The number of aliphatic hydroxyl groups excluding tert-OH is 5. The number of anilines is 1. The summed E-state index contributed by atoms with van der Waals surface area (Å²) in [7, 11) is -0.784. The average Bonchev–Trinajstić information content (AvgIpc) is 2.90. The first kappa shape index (κ1) is 36.0. The Hall–Kier alpha value is -3.05. The van der Waals surface area contributed by atoms with E-state index in [2.05, 4.69) is 9.97 Å². The van der Waals surface area contributed by atoms with Gasteiger partial charge in [-0.3, -0.25) is 9.28 Å². The van der Waals surface area contributed by atoms with E-state index >= 15 is 0 Å². The second-order valence-corrected chi connectivity index (χ2v) is 12.0. The van der Waals surface area contributed by atoms with Gasteiger partial charge >= 0.3 is 5.97 Å². The molecule has 2 rings (SSSR count). The summed E-state index contributed by atoms with van der Waals surface area (Å²) >= 11 is 0. The Labute approximate surface area is 239 Å². The van der Waals surface area contributed by atoms with Crippen molar-refractivity contribution in [2.75, 3.05) is 44.8 Å². The maximum Gasteiger partial charge on any atom is 0.305 e. The molecule has 1 aromatic heterocycles. The lowest BCUT2D eigenvalue weighted by molar-refractivity contribution is -0.959. The van der Waals surface area contributed by atoms with Crippen molar-refractivity contribution < 1.29 is 52.7 Å². The van der Waals surface area contributed by atoms with Gasteiger partial charge in [-0.15, -0.1) is 0 Å². The average molecular weight is 604 g/mol. The highest BCUT2D eigenvalue weighted by Gasteiger charge is 2.22. The van der Waals surface area contributed by atoms with E-state index in [1.54, 1.807) is 7.05 Å². The van der Waals surface area contributed by atoms with Gasteiger partial charge in [0.1, 0.15) is 5.82 Å². The molecule has 0 fully saturated rings. The molecule has 0 unspecified atom stereocenters. The first-order valence-electron chi connectivity index (χ1n) is 12.5. The molecule has 0 spiro atoms. The van der Waals surface area contributed by atoms with Crippen molar-refractivity contribution in [3.63, 3.8) is 0 Å². The Balaban J connectivity index is 0.000000915. The first-order valence-corrected chi connectivity index (χ1v) is 14.4. The third kappa shape index (κ3) is 11.4. The van der Waals surface area contributed by atoms with Crippen LogP contribution in [0.25, 0.3) is 17.3 Å². The number of aromatic nitrogens is 2. The molecular weight excluding hydrogens is 563 g/mol.